The van der Waals surface area contributed by atoms with Crippen molar-refractivity contribution < 1.29 is 15.0 Å². The van der Waals surface area contributed by atoms with Crippen LogP contribution in [0.25, 0.3) is 0 Å². The maximum atomic E-state index is 10.9. The first kappa shape index (κ1) is 12.0. The average Bonchev–Trinajstić information content (AvgIpc) is 3.07. The quantitative estimate of drug-likeness (QED) is 0.842. The van der Waals surface area contributed by atoms with Gasteiger partial charge in [-0.1, -0.05) is 12.1 Å². The van der Waals surface area contributed by atoms with Gasteiger partial charge >= 0.3 is 5.97 Å². The number of carboxylic acids is 1. The van der Waals surface area contributed by atoms with E-state index in [9.17, 15) is 9.90 Å². The topological polar surface area (TPSA) is 57.5 Å². The zero-order valence-electron chi connectivity index (χ0n) is 10.2. The van der Waals surface area contributed by atoms with Gasteiger partial charge < -0.3 is 10.2 Å². The molecule has 1 aromatic carbocycles. The molecule has 3 nitrogen and oxygen atoms in total. The van der Waals surface area contributed by atoms with Crippen LogP contribution >= 0.6 is 0 Å². The van der Waals surface area contributed by atoms with Gasteiger partial charge in [0.2, 0.25) is 0 Å². The van der Waals surface area contributed by atoms with Crippen LogP contribution in [0.5, 0.6) is 5.75 Å². The maximum Gasteiger partial charge on any atom is 0.303 e. The molecule has 0 aliphatic heterocycles. The van der Waals surface area contributed by atoms with E-state index in [0.717, 1.165) is 29.5 Å². The Kier molecular flexibility index (Phi) is 3.09. The molecule has 1 aliphatic rings. The number of carboxylic acid groups (broad SMARTS) is 1. The number of aromatic hydroxyl groups is 1. The van der Waals surface area contributed by atoms with E-state index in [1.54, 1.807) is 0 Å². The van der Waals surface area contributed by atoms with E-state index in [4.69, 9.17) is 5.11 Å². The van der Waals surface area contributed by atoms with Crippen molar-refractivity contribution in [2.75, 3.05) is 0 Å². The van der Waals surface area contributed by atoms with Crippen LogP contribution in [0.1, 0.15) is 41.9 Å². The fraction of sp³-hybridized carbons (Fsp3) is 0.500. The fourth-order valence-electron chi connectivity index (χ4n) is 2.34. The lowest BCUT2D eigenvalue weighted by atomic mass is 9.88. The molecule has 2 rings (SSSR count). The molecule has 1 aromatic rings. The summed E-state index contributed by atoms with van der Waals surface area (Å²) in [5.74, 6) is -0.117. The summed E-state index contributed by atoms with van der Waals surface area (Å²) in [6, 6.07) is 3.84. The summed E-state index contributed by atoms with van der Waals surface area (Å²) in [5, 5.41) is 19.1. The summed E-state index contributed by atoms with van der Waals surface area (Å²) < 4.78 is 0. The molecular formula is C14H18O3. The van der Waals surface area contributed by atoms with Crippen LogP contribution in [0.2, 0.25) is 0 Å². The van der Waals surface area contributed by atoms with Gasteiger partial charge in [0.25, 0.3) is 0 Å². The van der Waals surface area contributed by atoms with Crippen LogP contribution in [0.4, 0.5) is 0 Å². The van der Waals surface area contributed by atoms with Gasteiger partial charge in [-0.25, -0.2) is 0 Å². The van der Waals surface area contributed by atoms with Crippen molar-refractivity contribution >= 4 is 5.97 Å². The highest BCUT2D eigenvalue weighted by atomic mass is 16.4. The number of hydrogen-bond acceptors (Lipinski definition) is 2. The summed E-state index contributed by atoms with van der Waals surface area (Å²) in [7, 11) is 0. The molecule has 92 valence electrons. The van der Waals surface area contributed by atoms with Gasteiger partial charge in [-0.05, 0) is 49.3 Å². The molecule has 1 atom stereocenters. The number of benzene rings is 1. The van der Waals surface area contributed by atoms with Crippen LogP contribution < -0.4 is 0 Å². The largest absolute Gasteiger partial charge is 0.507 e. The van der Waals surface area contributed by atoms with Crippen molar-refractivity contribution in [2.45, 2.75) is 39.0 Å². The molecule has 0 bridgehead atoms. The van der Waals surface area contributed by atoms with Gasteiger partial charge in [-0.15, -0.1) is 0 Å². The Hall–Kier alpha value is -1.51. The van der Waals surface area contributed by atoms with E-state index < -0.39 is 5.97 Å². The molecular weight excluding hydrogens is 216 g/mol. The highest BCUT2D eigenvalue weighted by molar-refractivity contribution is 5.68. The van der Waals surface area contributed by atoms with Crippen LogP contribution in [0.15, 0.2) is 12.1 Å². The normalized spacial score (nSPS) is 16.8. The Bertz CT molecular complexity index is 447. The molecule has 0 radical (unpaired) electrons. The minimum Gasteiger partial charge on any atom is -0.507 e. The van der Waals surface area contributed by atoms with E-state index >= 15 is 0 Å². The molecule has 0 heterocycles. The van der Waals surface area contributed by atoms with Crippen molar-refractivity contribution in [3.63, 3.8) is 0 Å². The third-order valence-corrected chi connectivity index (χ3v) is 3.72. The predicted molar refractivity (Wildman–Crippen MR) is 65.3 cm³/mol. The first-order valence-electron chi connectivity index (χ1n) is 6.01. The second-order valence-electron chi connectivity index (χ2n) is 4.99. The maximum absolute atomic E-state index is 10.9. The number of phenolic OH excluding ortho intramolecular Hbond substituents is 1. The molecule has 1 fully saturated rings. The monoisotopic (exact) mass is 234 g/mol. The number of hydrogen-bond donors (Lipinski definition) is 2. The van der Waals surface area contributed by atoms with Gasteiger partial charge in [0, 0.05) is 5.92 Å². The molecule has 0 saturated heterocycles. The van der Waals surface area contributed by atoms with E-state index in [1.165, 1.54) is 0 Å². The number of phenols is 1. The molecule has 0 spiro atoms. The highest BCUT2D eigenvalue weighted by Gasteiger charge is 2.35. The Morgan fingerprint density at radius 2 is 2.06 bits per heavy atom. The summed E-state index contributed by atoms with van der Waals surface area (Å²) >= 11 is 0. The minimum absolute atomic E-state index is 0.0354. The molecule has 17 heavy (non-hydrogen) atoms. The first-order chi connectivity index (χ1) is 8.00. The van der Waals surface area contributed by atoms with Crippen LogP contribution in [0.3, 0.4) is 0 Å². The van der Waals surface area contributed by atoms with Crippen LogP contribution in [-0.2, 0) is 4.79 Å². The third-order valence-electron chi connectivity index (χ3n) is 3.72. The van der Waals surface area contributed by atoms with Gasteiger partial charge in [0.05, 0.1) is 6.42 Å². The lowest BCUT2D eigenvalue weighted by Gasteiger charge is -2.18. The molecule has 2 N–H and O–H groups in total. The summed E-state index contributed by atoms with van der Waals surface area (Å²) in [5.41, 5.74) is 2.70. The summed E-state index contributed by atoms with van der Waals surface area (Å²) in [6.07, 6.45) is 2.26. The highest BCUT2D eigenvalue weighted by Crippen LogP contribution is 2.47. The van der Waals surface area contributed by atoms with E-state index in [0.29, 0.717) is 5.92 Å². The Labute approximate surface area is 101 Å². The summed E-state index contributed by atoms with van der Waals surface area (Å²) in [6.45, 7) is 3.82. The zero-order valence-corrected chi connectivity index (χ0v) is 10.2. The van der Waals surface area contributed by atoms with E-state index in [2.05, 4.69) is 0 Å². The van der Waals surface area contributed by atoms with Gasteiger partial charge in [-0.3, -0.25) is 4.79 Å². The van der Waals surface area contributed by atoms with Crippen LogP contribution in [-0.4, -0.2) is 16.2 Å². The second kappa shape index (κ2) is 4.40. The minimum atomic E-state index is -0.792. The number of aliphatic carboxylic acids is 1. The van der Waals surface area contributed by atoms with Crippen molar-refractivity contribution in [1.82, 2.24) is 0 Å². The fourth-order valence-corrected chi connectivity index (χ4v) is 2.34. The number of aryl methyl sites for hydroxylation is 1. The first-order valence-corrected chi connectivity index (χ1v) is 6.01. The van der Waals surface area contributed by atoms with E-state index in [-0.39, 0.29) is 18.1 Å². The lowest BCUT2D eigenvalue weighted by Crippen LogP contribution is -2.09. The Morgan fingerprint density at radius 3 is 2.59 bits per heavy atom. The van der Waals surface area contributed by atoms with Gasteiger partial charge in [0.15, 0.2) is 0 Å². The molecule has 1 unspecified atom stereocenters. The lowest BCUT2D eigenvalue weighted by molar-refractivity contribution is -0.137. The second-order valence-corrected chi connectivity index (χ2v) is 4.99. The molecule has 3 heteroatoms. The summed E-state index contributed by atoms with van der Waals surface area (Å²) in [4.78, 5) is 10.9. The number of carbonyl (C=O) groups is 1. The Morgan fingerprint density at radius 1 is 1.41 bits per heavy atom. The third kappa shape index (κ3) is 2.43. The molecule has 1 aliphatic carbocycles. The van der Waals surface area contributed by atoms with Gasteiger partial charge in [0.1, 0.15) is 5.75 Å². The van der Waals surface area contributed by atoms with Crippen molar-refractivity contribution in [3.8, 4) is 5.75 Å². The van der Waals surface area contributed by atoms with E-state index in [1.807, 2.05) is 26.0 Å². The SMILES string of the molecule is Cc1ccc(C(CC(=O)O)C2CC2)c(O)c1C. The van der Waals surface area contributed by atoms with Crippen molar-refractivity contribution in [2.24, 2.45) is 5.92 Å². The van der Waals surface area contributed by atoms with Crippen molar-refractivity contribution in [1.29, 1.82) is 0 Å². The smallest absolute Gasteiger partial charge is 0.303 e. The van der Waals surface area contributed by atoms with Crippen molar-refractivity contribution in [3.05, 3.63) is 28.8 Å². The Balaban J connectivity index is 2.35. The molecule has 1 saturated carbocycles. The standard InChI is InChI=1S/C14H18O3/c1-8-3-6-11(14(17)9(8)2)12(7-13(15)16)10-4-5-10/h3,6,10,12,17H,4-5,7H2,1-2H3,(H,15,16). The average molecular weight is 234 g/mol. The van der Waals surface area contributed by atoms with Crippen LogP contribution in [0, 0.1) is 19.8 Å². The zero-order chi connectivity index (χ0) is 12.6. The molecule has 0 aromatic heterocycles. The molecule has 0 amide bonds. The number of rotatable bonds is 4. The van der Waals surface area contributed by atoms with Gasteiger partial charge in [-0.2, -0.15) is 0 Å². The predicted octanol–water partition coefficient (Wildman–Crippen LogP) is 2.98.